The number of aliphatic hydroxyl groups is 1. The number of Topliss-reactive ketones (excluding diaryl/α,β-unsaturated/α-hetero) is 1. The molecule has 6 aliphatic rings. The highest BCUT2D eigenvalue weighted by Gasteiger charge is 2.67. The molecule has 198 valence electrons. The quantitative estimate of drug-likeness (QED) is 0.645. The number of ether oxygens (including phenoxy) is 3. The third kappa shape index (κ3) is 3.71. The number of ketones is 1. The normalized spacial score (nSPS) is 52.1. The third-order valence-electron chi connectivity index (χ3n) is 12.0. The number of morpholine rings is 1. The Kier molecular flexibility index (Phi) is 6.20. The van der Waals surface area contributed by atoms with Crippen molar-refractivity contribution in [2.24, 2.45) is 40.4 Å². The minimum absolute atomic E-state index is 0.0202. The van der Waals surface area contributed by atoms with Crippen molar-refractivity contribution < 1.29 is 24.1 Å². The highest BCUT2D eigenvalue weighted by atomic mass is 16.7. The average molecular weight is 490 g/mol. The van der Waals surface area contributed by atoms with E-state index in [1.54, 1.807) is 0 Å². The molecule has 0 amide bonds. The Balaban J connectivity index is 1.27. The molecule has 10 atom stereocenters. The highest BCUT2D eigenvalue weighted by molar-refractivity contribution is 5.84. The van der Waals surface area contributed by atoms with Gasteiger partial charge in [-0.1, -0.05) is 20.8 Å². The first-order chi connectivity index (χ1) is 16.7. The van der Waals surface area contributed by atoms with Gasteiger partial charge in [-0.25, -0.2) is 0 Å². The Labute approximate surface area is 211 Å². The van der Waals surface area contributed by atoms with E-state index in [0.29, 0.717) is 43.2 Å². The van der Waals surface area contributed by atoms with Gasteiger partial charge in [-0.15, -0.1) is 0 Å². The molecule has 35 heavy (non-hydrogen) atoms. The predicted molar refractivity (Wildman–Crippen MR) is 133 cm³/mol. The van der Waals surface area contributed by atoms with Gasteiger partial charge in [0.05, 0.1) is 32.0 Å². The molecule has 4 saturated carbocycles. The van der Waals surface area contributed by atoms with Crippen molar-refractivity contribution in [3.05, 3.63) is 0 Å². The molecule has 0 aromatic heterocycles. The van der Waals surface area contributed by atoms with E-state index in [9.17, 15) is 9.90 Å². The predicted octanol–water partition coefficient (Wildman–Crippen LogP) is 4.04. The topological polar surface area (TPSA) is 68.2 Å². The van der Waals surface area contributed by atoms with Crippen LogP contribution in [0.5, 0.6) is 0 Å². The zero-order chi connectivity index (χ0) is 24.6. The van der Waals surface area contributed by atoms with Gasteiger partial charge in [0.2, 0.25) is 0 Å². The number of hydrogen-bond acceptors (Lipinski definition) is 6. The Hall–Kier alpha value is -0.530. The van der Waals surface area contributed by atoms with E-state index in [4.69, 9.17) is 14.2 Å². The lowest BCUT2D eigenvalue weighted by Crippen LogP contribution is -2.63. The van der Waals surface area contributed by atoms with Gasteiger partial charge in [-0.3, -0.25) is 9.69 Å². The number of rotatable bonds is 3. The number of nitrogens with zero attached hydrogens (tertiary/aromatic N) is 1. The second-order valence-electron chi connectivity index (χ2n) is 13.5. The summed E-state index contributed by atoms with van der Waals surface area (Å²) >= 11 is 0. The molecule has 0 bridgehead atoms. The number of fused-ring (bicyclic) bond motifs is 5. The van der Waals surface area contributed by atoms with Crippen molar-refractivity contribution in [2.75, 3.05) is 32.9 Å². The number of hydrogen-bond donors (Lipinski definition) is 1. The van der Waals surface area contributed by atoms with Crippen molar-refractivity contribution in [3.8, 4) is 0 Å². The van der Waals surface area contributed by atoms with Gasteiger partial charge in [-0.05, 0) is 80.5 Å². The van der Waals surface area contributed by atoms with E-state index in [1.165, 1.54) is 6.42 Å². The molecule has 0 spiro atoms. The first-order valence-electron chi connectivity index (χ1n) is 14.5. The summed E-state index contributed by atoms with van der Waals surface area (Å²) in [6.45, 7) is 13.0. The van der Waals surface area contributed by atoms with Gasteiger partial charge in [-0.2, -0.15) is 0 Å². The number of aliphatic hydroxyl groups excluding tert-OH is 1. The largest absolute Gasteiger partial charge is 0.391 e. The maximum absolute atomic E-state index is 14.2. The maximum Gasteiger partial charge on any atom is 0.169 e. The van der Waals surface area contributed by atoms with Crippen LogP contribution in [0.2, 0.25) is 0 Å². The van der Waals surface area contributed by atoms with E-state index in [-0.39, 0.29) is 40.9 Å². The van der Waals surface area contributed by atoms with Gasteiger partial charge in [0, 0.05) is 37.4 Å². The molecular formula is C29H47NO5. The Bertz CT molecular complexity index is 828. The molecule has 6 fully saturated rings. The molecule has 6 heteroatoms. The lowest BCUT2D eigenvalue weighted by atomic mass is 9.43. The van der Waals surface area contributed by atoms with E-state index >= 15 is 0 Å². The first kappa shape index (κ1) is 24.8. The second-order valence-corrected chi connectivity index (χ2v) is 13.5. The van der Waals surface area contributed by atoms with Crippen LogP contribution in [0.1, 0.15) is 79.1 Å². The van der Waals surface area contributed by atoms with Gasteiger partial charge < -0.3 is 19.3 Å². The SMILES string of the molecule is CC[C@H]1CN([C@H]2C[C@@]3(C)[C@@H](CC[C@H]4[C@@H]5CC[C@H](C6(C)OCCO6)[C@@]5(C)CC(=O)[C@@H]43)C[C@@H]2O)CCO1. The summed E-state index contributed by atoms with van der Waals surface area (Å²) in [6, 6.07) is 0.143. The van der Waals surface area contributed by atoms with Crippen LogP contribution < -0.4 is 0 Å². The Morgan fingerprint density at radius 2 is 1.80 bits per heavy atom. The van der Waals surface area contributed by atoms with Crippen LogP contribution >= 0.6 is 0 Å². The molecule has 1 N–H and O–H groups in total. The molecule has 6 rings (SSSR count). The summed E-state index contributed by atoms with van der Waals surface area (Å²) in [6.07, 6.45) is 7.99. The third-order valence-corrected chi connectivity index (χ3v) is 12.0. The lowest BCUT2D eigenvalue weighted by Gasteiger charge is -2.62. The van der Waals surface area contributed by atoms with Crippen LogP contribution in [0.15, 0.2) is 0 Å². The van der Waals surface area contributed by atoms with Crippen molar-refractivity contribution in [1.82, 2.24) is 4.90 Å². The molecule has 0 unspecified atom stereocenters. The highest BCUT2D eigenvalue weighted by Crippen LogP contribution is 2.68. The summed E-state index contributed by atoms with van der Waals surface area (Å²) in [5.74, 6) is 1.84. The van der Waals surface area contributed by atoms with Crippen molar-refractivity contribution in [2.45, 2.75) is 103 Å². The zero-order valence-corrected chi connectivity index (χ0v) is 22.3. The van der Waals surface area contributed by atoms with Crippen LogP contribution in [0.4, 0.5) is 0 Å². The smallest absolute Gasteiger partial charge is 0.169 e. The first-order valence-corrected chi connectivity index (χ1v) is 14.5. The minimum Gasteiger partial charge on any atom is -0.391 e. The summed E-state index contributed by atoms with van der Waals surface area (Å²) in [7, 11) is 0. The van der Waals surface area contributed by atoms with Crippen LogP contribution in [0.3, 0.4) is 0 Å². The van der Waals surface area contributed by atoms with E-state index in [1.807, 2.05) is 0 Å². The fraction of sp³-hybridized carbons (Fsp3) is 0.966. The van der Waals surface area contributed by atoms with Crippen LogP contribution in [-0.2, 0) is 19.0 Å². The van der Waals surface area contributed by atoms with E-state index in [2.05, 4.69) is 32.6 Å². The fourth-order valence-corrected chi connectivity index (χ4v) is 10.4. The summed E-state index contributed by atoms with van der Waals surface area (Å²) in [5, 5.41) is 11.3. The monoisotopic (exact) mass is 489 g/mol. The number of carbonyl (C=O) groups is 1. The zero-order valence-electron chi connectivity index (χ0n) is 22.3. The Morgan fingerprint density at radius 3 is 2.54 bits per heavy atom. The van der Waals surface area contributed by atoms with Crippen molar-refractivity contribution >= 4 is 5.78 Å². The van der Waals surface area contributed by atoms with Crippen molar-refractivity contribution in [3.63, 3.8) is 0 Å². The molecule has 6 nitrogen and oxygen atoms in total. The van der Waals surface area contributed by atoms with E-state index in [0.717, 1.165) is 58.2 Å². The average Bonchev–Trinajstić information content (AvgIpc) is 3.42. The van der Waals surface area contributed by atoms with Crippen LogP contribution in [0, 0.1) is 40.4 Å². The van der Waals surface area contributed by atoms with E-state index < -0.39 is 5.79 Å². The summed E-state index contributed by atoms with van der Waals surface area (Å²) < 4.78 is 18.2. The molecule has 0 radical (unpaired) electrons. The lowest BCUT2D eigenvalue weighted by molar-refractivity contribution is -0.218. The van der Waals surface area contributed by atoms with Gasteiger partial charge in [0.25, 0.3) is 0 Å². The number of carbonyl (C=O) groups excluding carboxylic acids is 1. The van der Waals surface area contributed by atoms with Crippen LogP contribution in [-0.4, -0.2) is 72.7 Å². The van der Waals surface area contributed by atoms with Gasteiger partial charge in [0.1, 0.15) is 5.78 Å². The van der Waals surface area contributed by atoms with Crippen LogP contribution in [0.25, 0.3) is 0 Å². The summed E-state index contributed by atoms with van der Waals surface area (Å²) in [4.78, 5) is 16.7. The van der Waals surface area contributed by atoms with Crippen molar-refractivity contribution in [1.29, 1.82) is 0 Å². The molecule has 0 aromatic carbocycles. The summed E-state index contributed by atoms with van der Waals surface area (Å²) in [5.41, 5.74) is -0.0553. The van der Waals surface area contributed by atoms with Gasteiger partial charge >= 0.3 is 0 Å². The van der Waals surface area contributed by atoms with Gasteiger partial charge in [0.15, 0.2) is 5.79 Å². The molecular weight excluding hydrogens is 442 g/mol. The minimum atomic E-state index is -0.538. The molecule has 2 aliphatic heterocycles. The standard InChI is InChI=1S/C29H47NO5/c1-5-19-17-30(10-11-33-19)22-15-27(2)18(14-23(22)31)6-7-20-21-8-9-25(29(4)34-12-13-35-29)28(21,3)16-24(32)26(20)27/h18-23,25-26,31H,5-17H2,1-4H3/t18-,19-,20-,21-,22-,23-,25-,26+,27-,28-/m0/s1. The second kappa shape index (κ2) is 8.76. The molecule has 4 aliphatic carbocycles. The Morgan fingerprint density at radius 1 is 1.03 bits per heavy atom. The molecule has 2 heterocycles. The molecule has 2 saturated heterocycles. The maximum atomic E-state index is 14.2. The molecule has 0 aromatic rings. The fourth-order valence-electron chi connectivity index (χ4n) is 10.4.